The van der Waals surface area contributed by atoms with Gasteiger partial charge in [-0.2, -0.15) is 0 Å². The minimum atomic E-state index is -0.433. The first-order valence-corrected chi connectivity index (χ1v) is 8.35. The Labute approximate surface area is 136 Å². The van der Waals surface area contributed by atoms with Crippen molar-refractivity contribution in [3.8, 4) is 0 Å². The second-order valence-electron chi connectivity index (χ2n) is 6.17. The topological polar surface area (TPSA) is 98.3 Å². The molecule has 0 aromatic heterocycles. The molecule has 23 heavy (non-hydrogen) atoms. The number of nitro benzene ring substituents is 1. The molecule has 0 bridgehead atoms. The van der Waals surface area contributed by atoms with Crippen molar-refractivity contribution in [3.05, 3.63) is 39.4 Å². The second-order valence-corrected chi connectivity index (χ2v) is 6.17. The minimum Gasteiger partial charge on any atom is -0.348 e. The van der Waals surface area contributed by atoms with E-state index in [1.165, 1.54) is 25.3 Å². The molecule has 1 fully saturated rings. The van der Waals surface area contributed by atoms with Gasteiger partial charge in [0.15, 0.2) is 0 Å². The van der Waals surface area contributed by atoms with Crippen molar-refractivity contribution in [3.63, 3.8) is 0 Å². The summed E-state index contributed by atoms with van der Waals surface area (Å²) in [5, 5.41) is 14.1. The zero-order valence-electron chi connectivity index (χ0n) is 13.6. The molecule has 2 rings (SSSR count). The van der Waals surface area contributed by atoms with Gasteiger partial charge in [0, 0.05) is 29.8 Å². The van der Waals surface area contributed by atoms with E-state index in [-0.39, 0.29) is 17.6 Å². The molecule has 1 saturated carbocycles. The maximum atomic E-state index is 12.4. The van der Waals surface area contributed by atoms with Gasteiger partial charge in [0.1, 0.15) is 0 Å². The number of nitrogens with zero attached hydrogens (tertiary/aromatic N) is 1. The molecule has 1 unspecified atom stereocenters. The van der Waals surface area contributed by atoms with Crippen LogP contribution in [-0.4, -0.2) is 23.4 Å². The fourth-order valence-electron chi connectivity index (χ4n) is 3.33. The number of hydrogen-bond acceptors (Lipinski definition) is 4. The van der Waals surface area contributed by atoms with Crippen LogP contribution in [0.3, 0.4) is 0 Å². The summed E-state index contributed by atoms with van der Waals surface area (Å²) in [6.45, 7) is 2.25. The van der Waals surface area contributed by atoms with Crippen LogP contribution >= 0.6 is 0 Å². The van der Waals surface area contributed by atoms with E-state index >= 15 is 0 Å². The fourth-order valence-corrected chi connectivity index (χ4v) is 3.33. The molecule has 1 aliphatic carbocycles. The lowest BCUT2D eigenvalue weighted by Crippen LogP contribution is -2.45. The summed E-state index contributed by atoms with van der Waals surface area (Å²) < 4.78 is 0. The van der Waals surface area contributed by atoms with Gasteiger partial charge in [-0.25, -0.2) is 0 Å². The highest BCUT2D eigenvalue weighted by Gasteiger charge is 2.25. The van der Waals surface area contributed by atoms with Crippen LogP contribution in [0.1, 0.15) is 54.9 Å². The van der Waals surface area contributed by atoms with Crippen LogP contribution in [0.4, 0.5) is 5.69 Å². The first-order chi connectivity index (χ1) is 11.1. The Balaban J connectivity index is 2.12. The van der Waals surface area contributed by atoms with Crippen LogP contribution in [0.2, 0.25) is 0 Å². The van der Waals surface area contributed by atoms with Crippen LogP contribution in [0, 0.1) is 16.0 Å². The zero-order chi connectivity index (χ0) is 16.8. The zero-order valence-corrected chi connectivity index (χ0v) is 13.6. The molecular formula is C17H25N3O3. The average Bonchev–Trinajstić information content (AvgIpc) is 2.59. The summed E-state index contributed by atoms with van der Waals surface area (Å²) in [6.07, 6.45) is 6.31. The van der Waals surface area contributed by atoms with Gasteiger partial charge in [0.05, 0.1) is 4.92 Å². The highest BCUT2D eigenvalue weighted by molar-refractivity contribution is 5.95. The monoisotopic (exact) mass is 319 g/mol. The van der Waals surface area contributed by atoms with E-state index in [0.29, 0.717) is 30.0 Å². The summed E-state index contributed by atoms with van der Waals surface area (Å²) in [7, 11) is 0. The number of carbonyl (C=O) groups is 1. The summed E-state index contributed by atoms with van der Waals surface area (Å²) in [4.78, 5) is 23.1. The van der Waals surface area contributed by atoms with Crippen molar-refractivity contribution in [1.29, 1.82) is 0 Å². The highest BCUT2D eigenvalue weighted by atomic mass is 16.6. The number of amides is 1. The van der Waals surface area contributed by atoms with E-state index in [0.717, 1.165) is 12.8 Å². The third-order valence-electron chi connectivity index (χ3n) is 4.71. The SMILES string of the molecule is CCc1ccc(C(=O)NC(CN)C2CCCCC2)cc1[N+](=O)[O-]. The molecule has 1 amide bonds. The number of aryl methyl sites for hydroxylation is 1. The van der Waals surface area contributed by atoms with Crippen molar-refractivity contribution < 1.29 is 9.72 Å². The van der Waals surface area contributed by atoms with E-state index in [4.69, 9.17) is 5.73 Å². The molecule has 1 aromatic rings. The van der Waals surface area contributed by atoms with E-state index in [1.54, 1.807) is 12.1 Å². The third-order valence-corrected chi connectivity index (χ3v) is 4.71. The average molecular weight is 319 g/mol. The van der Waals surface area contributed by atoms with Crippen LogP contribution in [-0.2, 0) is 6.42 Å². The molecule has 6 nitrogen and oxygen atoms in total. The largest absolute Gasteiger partial charge is 0.348 e. The number of carbonyl (C=O) groups excluding carboxylic acids is 1. The number of hydrogen-bond donors (Lipinski definition) is 2. The molecule has 1 aromatic carbocycles. The first kappa shape index (κ1) is 17.4. The van der Waals surface area contributed by atoms with Crippen molar-refractivity contribution in [1.82, 2.24) is 5.32 Å². The molecule has 0 saturated heterocycles. The summed E-state index contributed by atoms with van der Waals surface area (Å²) in [6, 6.07) is 4.61. The molecule has 3 N–H and O–H groups in total. The van der Waals surface area contributed by atoms with Crippen LogP contribution < -0.4 is 11.1 Å². The van der Waals surface area contributed by atoms with E-state index in [9.17, 15) is 14.9 Å². The number of nitro groups is 1. The van der Waals surface area contributed by atoms with Crippen LogP contribution in [0.5, 0.6) is 0 Å². The Morgan fingerprint density at radius 1 is 1.39 bits per heavy atom. The summed E-state index contributed by atoms with van der Waals surface area (Å²) in [5.41, 5.74) is 6.79. The quantitative estimate of drug-likeness (QED) is 0.622. The van der Waals surface area contributed by atoms with Gasteiger partial charge >= 0.3 is 0 Å². The molecule has 0 spiro atoms. The fraction of sp³-hybridized carbons (Fsp3) is 0.588. The van der Waals surface area contributed by atoms with Crippen LogP contribution in [0.15, 0.2) is 18.2 Å². The number of benzene rings is 1. The molecule has 0 aliphatic heterocycles. The minimum absolute atomic E-state index is 0.00196. The number of nitrogens with one attached hydrogen (secondary N) is 1. The summed E-state index contributed by atoms with van der Waals surface area (Å²) >= 11 is 0. The summed E-state index contributed by atoms with van der Waals surface area (Å²) in [5.74, 6) is 0.124. The van der Waals surface area contributed by atoms with Gasteiger partial charge in [-0.15, -0.1) is 0 Å². The van der Waals surface area contributed by atoms with Crippen molar-refractivity contribution in [2.75, 3.05) is 6.54 Å². The normalized spacial score (nSPS) is 16.8. The highest BCUT2D eigenvalue weighted by Crippen LogP contribution is 2.27. The smallest absolute Gasteiger partial charge is 0.273 e. The van der Waals surface area contributed by atoms with Crippen molar-refractivity contribution >= 4 is 11.6 Å². The van der Waals surface area contributed by atoms with Gasteiger partial charge < -0.3 is 11.1 Å². The number of nitrogens with two attached hydrogens (primary N) is 1. The van der Waals surface area contributed by atoms with Gasteiger partial charge in [0.25, 0.3) is 11.6 Å². The molecule has 126 valence electrons. The van der Waals surface area contributed by atoms with Gasteiger partial charge in [-0.1, -0.05) is 32.3 Å². The molecule has 1 atom stereocenters. The van der Waals surface area contributed by atoms with Crippen molar-refractivity contribution in [2.45, 2.75) is 51.5 Å². The predicted octanol–water partition coefficient (Wildman–Crippen LogP) is 2.79. The second kappa shape index (κ2) is 8.06. The Kier molecular flexibility index (Phi) is 6.10. The van der Waals surface area contributed by atoms with Gasteiger partial charge in [-0.05, 0) is 31.2 Å². The Bertz CT molecular complexity index is 568. The lowest BCUT2D eigenvalue weighted by atomic mass is 9.84. The lowest BCUT2D eigenvalue weighted by Gasteiger charge is -2.30. The Morgan fingerprint density at radius 2 is 2.09 bits per heavy atom. The van der Waals surface area contributed by atoms with E-state index in [2.05, 4.69) is 5.32 Å². The van der Waals surface area contributed by atoms with Gasteiger partial charge in [0.2, 0.25) is 0 Å². The van der Waals surface area contributed by atoms with Gasteiger partial charge in [-0.3, -0.25) is 14.9 Å². The molecular weight excluding hydrogens is 294 g/mol. The number of rotatable bonds is 6. The first-order valence-electron chi connectivity index (χ1n) is 8.35. The standard InChI is InChI=1S/C17H25N3O3/c1-2-12-8-9-14(10-16(12)20(22)23)17(21)19-15(11-18)13-6-4-3-5-7-13/h8-10,13,15H,2-7,11,18H2,1H3,(H,19,21). The molecule has 0 heterocycles. The molecule has 0 radical (unpaired) electrons. The maximum absolute atomic E-state index is 12.4. The van der Waals surface area contributed by atoms with Crippen LogP contribution in [0.25, 0.3) is 0 Å². The lowest BCUT2D eigenvalue weighted by molar-refractivity contribution is -0.385. The maximum Gasteiger partial charge on any atom is 0.273 e. The molecule has 1 aliphatic rings. The Hall–Kier alpha value is -1.95. The third kappa shape index (κ3) is 4.28. The van der Waals surface area contributed by atoms with E-state index in [1.807, 2.05) is 6.92 Å². The van der Waals surface area contributed by atoms with Crippen molar-refractivity contribution in [2.24, 2.45) is 11.7 Å². The molecule has 6 heteroatoms. The Morgan fingerprint density at radius 3 is 2.65 bits per heavy atom. The predicted molar refractivity (Wildman–Crippen MR) is 89.4 cm³/mol. The van der Waals surface area contributed by atoms with E-state index < -0.39 is 4.92 Å².